The Labute approximate surface area is 160 Å². The van der Waals surface area contributed by atoms with Gasteiger partial charge in [0.05, 0.1) is 18.9 Å². The summed E-state index contributed by atoms with van der Waals surface area (Å²) in [5.74, 6) is 1.54. The standard InChI is InChI=1S/C22H24N4O/c1-16-8-9-19(14-17(16)2)23-22-24-20(18-6-4-3-5-7-18)15-21(25-22)26-10-12-27-13-11-26/h3-9,14-15H,10-13H2,1-2H3,(H,23,24,25). The minimum Gasteiger partial charge on any atom is -0.378 e. The van der Waals surface area contributed by atoms with Gasteiger partial charge in [0.2, 0.25) is 5.95 Å². The molecule has 2 aromatic carbocycles. The molecule has 0 saturated carbocycles. The van der Waals surface area contributed by atoms with Crippen LogP contribution in [0.1, 0.15) is 11.1 Å². The second kappa shape index (κ2) is 7.76. The number of nitrogens with one attached hydrogen (secondary N) is 1. The van der Waals surface area contributed by atoms with Crippen molar-refractivity contribution in [2.24, 2.45) is 0 Å². The van der Waals surface area contributed by atoms with E-state index in [2.05, 4.69) is 60.5 Å². The van der Waals surface area contributed by atoms with Crippen molar-refractivity contribution in [1.29, 1.82) is 0 Å². The Kier molecular flexibility index (Phi) is 5.03. The summed E-state index contributed by atoms with van der Waals surface area (Å²) in [5, 5.41) is 3.38. The van der Waals surface area contributed by atoms with Crippen LogP contribution in [-0.4, -0.2) is 36.3 Å². The monoisotopic (exact) mass is 360 g/mol. The molecule has 1 N–H and O–H groups in total. The van der Waals surface area contributed by atoms with Crippen molar-refractivity contribution < 1.29 is 4.74 Å². The van der Waals surface area contributed by atoms with Gasteiger partial charge in [-0.15, -0.1) is 0 Å². The third-order valence-electron chi connectivity index (χ3n) is 4.88. The summed E-state index contributed by atoms with van der Waals surface area (Å²) in [6.07, 6.45) is 0. The minimum absolute atomic E-state index is 0.612. The quantitative estimate of drug-likeness (QED) is 0.750. The molecule has 1 fully saturated rings. The average molecular weight is 360 g/mol. The van der Waals surface area contributed by atoms with Crippen molar-refractivity contribution in [3.05, 3.63) is 65.7 Å². The lowest BCUT2D eigenvalue weighted by Crippen LogP contribution is -2.36. The average Bonchev–Trinajstić information content (AvgIpc) is 2.72. The van der Waals surface area contributed by atoms with Crippen molar-refractivity contribution in [3.8, 4) is 11.3 Å². The number of rotatable bonds is 4. The third kappa shape index (κ3) is 4.09. The van der Waals surface area contributed by atoms with E-state index in [0.29, 0.717) is 5.95 Å². The Bertz CT molecular complexity index is 921. The molecule has 0 bridgehead atoms. The van der Waals surface area contributed by atoms with E-state index in [1.807, 2.05) is 18.2 Å². The molecule has 5 nitrogen and oxygen atoms in total. The lowest BCUT2D eigenvalue weighted by atomic mass is 10.1. The van der Waals surface area contributed by atoms with Crippen LogP contribution in [0.5, 0.6) is 0 Å². The van der Waals surface area contributed by atoms with Crippen molar-refractivity contribution in [3.63, 3.8) is 0 Å². The summed E-state index contributed by atoms with van der Waals surface area (Å²) >= 11 is 0. The van der Waals surface area contributed by atoms with Crippen molar-refractivity contribution >= 4 is 17.5 Å². The van der Waals surface area contributed by atoms with Crippen molar-refractivity contribution in [2.45, 2.75) is 13.8 Å². The number of morpholine rings is 1. The maximum atomic E-state index is 5.49. The lowest BCUT2D eigenvalue weighted by Gasteiger charge is -2.28. The largest absolute Gasteiger partial charge is 0.378 e. The summed E-state index contributed by atoms with van der Waals surface area (Å²) in [7, 11) is 0. The number of anilines is 3. The highest BCUT2D eigenvalue weighted by Crippen LogP contribution is 2.26. The zero-order valence-electron chi connectivity index (χ0n) is 15.8. The fraction of sp³-hybridized carbons (Fsp3) is 0.273. The number of benzene rings is 2. The first kappa shape index (κ1) is 17.5. The van der Waals surface area contributed by atoms with Gasteiger partial charge in [-0.25, -0.2) is 4.98 Å². The van der Waals surface area contributed by atoms with Gasteiger partial charge >= 0.3 is 0 Å². The van der Waals surface area contributed by atoms with Crippen molar-refractivity contribution in [2.75, 3.05) is 36.5 Å². The molecule has 0 atom stereocenters. The molecule has 3 aromatic rings. The molecular formula is C22H24N4O. The predicted octanol–water partition coefficient (Wildman–Crippen LogP) is 4.34. The molecule has 27 heavy (non-hydrogen) atoms. The Morgan fingerprint density at radius 2 is 1.67 bits per heavy atom. The maximum Gasteiger partial charge on any atom is 0.229 e. The summed E-state index contributed by atoms with van der Waals surface area (Å²) < 4.78 is 5.49. The fourth-order valence-corrected chi connectivity index (χ4v) is 3.15. The number of nitrogens with zero attached hydrogens (tertiary/aromatic N) is 3. The van der Waals surface area contributed by atoms with Crippen LogP contribution < -0.4 is 10.2 Å². The molecule has 1 saturated heterocycles. The molecule has 0 aliphatic carbocycles. The number of hydrogen-bond donors (Lipinski definition) is 1. The normalized spacial score (nSPS) is 14.2. The van der Waals surface area contributed by atoms with E-state index in [4.69, 9.17) is 14.7 Å². The van der Waals surface area contributed by atoms with Crippen LogP contribution >= 0.6 is 0 Å². The van der Waals surface area contributed by atoms with Crippen LogP contribution in [0, 0.1) is 13.8 Å². The van der Waals surface area contributed by atoms with Gasteiger partial charge in [-0.3, -0.25) is 0 Å². The molecular weight excluding hydrogens is 336 g/mol. The molecule has 5 heteroatoms. The Hall–Kier alpha value is -2.92. The Balaban J connectivity index is 1.71. The van der Waals surface area contributed by atoms with Gasteiger partial charge in [0.25, 0.3) is 0 Å². The van der Waals surface area contributed by atoms with E-state index >= 15 is 0 Å². The zero-order chi connectivity index (χ0) is 18.6. The van der Waals surface area contributed by atoms with Gasteiger partial charge in [0.15, 0.2) is 0 Å². The summed E-state index contributed by atoms with van der Waals surface area (Å²) in [4.78, 5) is 11.8. The van der Waals surface area contributed by atoms with E-state index < -0.39 is 0 Å². The second-order valence-corrected chi connectivity index (χ2v) is 6.82. The maximum absolute atomic E-state index is 5.49. The van der Waals surface area contributed by atoms with Gasteiger partial charge in [0, 0.05) is 30.4 Å². The highest BCUT2D eigenvalue weighted by atomic mass is 16.5. The first-order valence-electron chi connectivity index (χ1n) is 9.30. The van der Waals surface area contributed by atoms with E-state index in [-0.39, 0.29) is 0 Å². The van der Waals surface area contributed by atoms with Crippen LogP contribution in [0.3, 0.4) is 0 Å². The van der Waals surface area contributed by atoms with Gasteiger partial charge < -0.3 is 15.0 Å². The first-order valence-corrected chi connectivity index (χ1v) is 9.30. The molecule has 0 spiro atoms. The lowest BCUT2D eigenvalue weighted by molar-refractivity contribution is 0.122. The van der Waals surface area contributed by atoms with Crippen molar-refractivity contribution in [1.82, 2.24) is 9.97 Å². The van der Waals surface area contributed by atoms with E-state index in [1.165, 1.54) is 11.1 Å². The third-order valence-corrected chi connectivity index (χ3v) is 4.88. The van der Waals surface area contributed by atoms with Crippen LogP contribution in [-0.2, 0) is 4.74 Å². The van der Waals surface area contributed by atoms with Crippen LogP contribution in [0.15, 0.2) is 54.6 Å². The van der Waals surface area contributed by atoms with Crippen LogP contribution in [0.4, 0.5) is 17.5 Å². The second-order valence-electron chi connectivity index (χ2n) is 6.82. The fourth-order valence-electron chi connectivity index (χ4n) is 3.15. The van der Waals surface area contributed by atoms with Gasteiger partial charge in [-0.2, -0.15) is 4.98 Å². The Morgan fingerprint density at radius 1 is 0.889 bits per heavy atom. The Morgan fingerprint density at radius 3 is 2.41 bits per heavy atom. The van der Waals surface area contributed by atoms with Gasteiger partial charge in [-0.05, 0) is 37.1 Å². The molecule has 1 aliphatic heterocycles. The highest BCUT2D eigenvalue weighted by Gasteiger charge is 2.16. The molecule has 0 amide bonds. The molecule has 4 rings (SSSR count). The molecule has 2 heterocycles. The summed E-state index contributed by atoms with van der Waals surface area (Å²) in [6.45, 7) is 7.36. The number of hydrogen-bond acceptors (Lipinski definition) is 5. The van der Waals surface area contributed by atoms with Gasteiger partial charge in [0.1, 0.15) is 5.82 Å². The number of aromatic nitrogens is 2. The van der Waals surface area contributed by atoms with Crippen LogP contribution in [0.25, 0.3) is 11.3 Å². The number of aryl methyl sites for hydroxylation is 2. The summed E-state index contributed by atoms with van der Waals surface area (Å²) in [6, 6.07) is 18.6. The zero-order valence-corrected chi connectivity index (χ0v) is 15.8. The minimum atomic E-state index is 0.612. The topological polar surface area (TPSA) is 50.3 Å². The molecule has 0 unspecified atom stereocenters. The smallest absolute Gasteiger partial charge is 0.229 e. The van der Waals surface area contributed by atoms with E-state index in [9.17, 15) is 0 Å². The van der Waals surface area contributed by atoms with Gasteiger partial charge in [-0.1, -0.05) is 36.4 Å². The molecule has 0 radical (unpaired) electrons. The van der Waals surface area contributed by atoms with E-state index in [1.54, 1.807) is 0 Å². The predicted molar refractivity (Wildman–Crippen MR) is 110 cm³/mol. The molecule has 1 aliphatic rings. The van der Waals surface area contributed by atoms with Crippen LogP contribution in [0.2, 0.25) is 0 Å². The first-order chi connectivity index (χ1) is 13.2. The molecule has 138 valence electrons. The summed E-state index contributed by atoms with van der Waals surface area (Å²) in [5.41, 5.74) is 5.51. The van der Waals surface area contributed by atoms with E-state index in [0.717, 1.165) is 49.1 Å². The SMILES string of the molecule is Cc1ccc(Nc2nc(-c3ccccc3)cc(N3CCOCC3)n2)cc1C. The number of ether oxygens (including phenoxy) is 1. The highest BCUT2D eigenvalue weighted by molar-refractivity contribution is 5.67. The molecule has 1 aromatic heterocycles.